The second-order valence-corrected chi connectivity index (χ2v) is 8.30. The van der Waals surface area contributed by atoms with Crippen LogP contribution in [0.15, 0.2) is 55.0 Å². The molecule has 2 aromatic carbocycles. The second kappa shape index (κ2) is 10.6. The van der Waals surface area contributed by atoms with Gasteiger partial charge in [0.25, 0.3) is 0 Å². The van der Waals surface area contributed by atoms with Gasteiger partial charge in [0.1, 0.15) is 17.6 Å². The van der Waals surface area contributed by atoms with Crippen molar-refractivity contribution < 1.29 is 40.6 Å². The van der Waals surface area contributed by atoms with Crippen molar-refractivity contribution in [3.8, 4) is 17.6 Å². The Labute approximate surface area is 212 Å². The molecule has 0 unspecified atom stereocenters. The zero-order valence-electron chi connectivity index (χ0n) is 19.5. The number of carbonyl (C=O) groups excluding carboxylic acids is 1. The minimum absolute atomic E-state index is 0.0179. The first-order valence-corrected chi connectivity index (χ1v) is 11.1. The first-order chi connectivity index (χ1) is 17.9. The van der Waals surface area contributed by atoms with Crippen molar-refractivity contribution in [3.05, 3.63) is 71.8 Å². The van der Waals surface area contributed by atoms with Gasteiger partial charge in [-0.15, -0.1) is 26.3 Å². The topological polar surface area (TPSA) is 83.6 Å². The Hall–Kier alpha value is -4.25. The lowest BCUT2D eigenvalue weighted by atomic mass is 10.1. The predicted octanol–water partition coefficient (Wildman–Crippen LogP) is 4.45. The molecule has 1 aliphatic heterocycles. The van der Waals surface area contributed by atoms with Crippen LogP contribution >= 0.6 is 0 Å². The summed E-state index contributed by atoms with van der Waals surface area (Å²) in [7, 11) is 0. The Morgan fingerprint density at radius 1 is 0.974 bits per heavy atom. The number of rotatable bonds is 7. The van der Waals surface area contributed by atoms with Crippen LogP contribution in [0, 0.1) is 11.3 Å². The van der Waals surface area contributed by atoms with Gasteiger partial charge in [-0.3, -0.25) is 9.69 Å². The summed E-state index contributed by atoms with van der Waals surface area (Å²) < 4.78 is 85.3. The number of hydrogen-bond acceptors (Lipinski definition) is 6. The van der Waals surface area contributed by atoms with Crippen LogP contribution in [-0.4, -0.2) is 52.7 Å². The summed E-state index contributed by atoms with van der Waals surface area (Å²) in [4.78, 5) is 20.1. The number of nitrogens with zero attached hydrogens (tertiary/aromatic N) is 5. The maximum Gasteiger partial charge on any atom is 0.573 e. The van der Waals surface area contributed by atoms with Crippen molar-refractivity contribution in [2.45, 2.75) is 25.8 Å². The molecule has 0 atom stereocenters. The third-order valence-electron chi connectivity index (χ3n) is 5.59. The molecule has 0 bridgehead atoms. The van der Waals surface area contributed by atoms with E-state index in [-0.39, 0.29) is 36.8 Å². The number of anilines is 1. The summed E-state index contributed by atoms with van der Waals surface area (Å²) >= 11 is 0. The zero-order chi connectivity index (χ0) is 27.5. The van der Waals surface area contributed by atoms with E-state index in [4.69, 9.17) is 5.26 Å². The van der Waals surface area contributed by atoms with Gasteiger partial charge in [0.15, 0.2) is 0 Å². The molecule has 0 saturated carbocycles. The fraction of sp³-hybridized carbons (Fsp3) is 0.292. The van der Waals surface area contributed by atoms with Crippen molar-refractivity contribution in [1.82, 2.24) is 14.5 Å². The molecule has 3 aromatic rings. The maximum atomic E-state index is 12.8. The Morgan fingerprint density at radius 2 is 1.74 bits per heavy atom. The second-order valence-electron chi connectivity index (χ2n) is 8.30. The van der Waals surface area contributed by atoms with Gasteiger partial charge in [0.05, 0.1) is 24.1 Å². The van der Waals surface area contributed by atoms with Crippen molar-refractivity contribution in [2.24, 2.45) is 0 Å². The highest BCUT2D eigenvalue weighted by molar-refractivity contribution is 5.95. The molecular weight excluding hydrogens is 520 g/mol. The number of alkyl halides is 6. The van der Waals surface area contributed by atoms with E-state index >= 15 is 0 Å². The molecule has 4 rings (SSSR count). The summed E-state index contributed by atoms with van der Waals surface area (Å²) in [6, 6.07) is 10.7. The van der Waals surface area contributed by atoms with Crippen LogP contribution in [-0.2, 0) is 17.9 Å². The largest absolute Gasteiger partial charge is 0.573 e. The Bertz CT molecular complexity index is 1350. The quantitative estimate of drug-likeness (QED) is 0.413. The SMILES string of the molecule is N#Cc1ccc(Cn2cncc2CN2CCN(c3cccc(OC(F)(F)F)c3)C(=O)C2)cc1OC(F)(F)F. The van der Waals surface area contributed by atoms with E-state index < -0.39 is 24.2 Å². The number of amides is 1. The number of carbonyl (C=O) groups is 1. The van der Waals surface area contributed by atoms with E-state index in [0.29, 0.717) is 24.3 Å². The maximum absolute atomic E-state index is 12.8. The highest BCUT2D eigenvalue weighted by Crippen LogP contribution is 2.29. The lowest BCUT2D eigenvalue weighted by Crippen LogP contribution is -2.50. The molecule has 1 fully saturated rings. The third-order valence-corrected chi connectivity index (χ3v) is 5.59. The van der Waals surface area contributed by atoms with Crippen molar-refractivity contribution in [3.63, 3.8) is 0 Å². The average Bonchev–Trinajstić information content (AvgIpc) is 3.23. The molecule has 0 radical (unpaired) electrons. The Kier molecular flexibility index (Phi) is 7.49. The molecule has 2 heterocycles. The first kappa shape index (κ1) is 26.8. The van der Waals surface area contributed by atoms with Crippen LogP contribution < -0.4 is 14.4 Å². The van der Waals surface area contributed by atoms with Crippen molar-refractivity contribution in [1.29, 1.82) is 5.26 Å². The summed E-state index contributed by atoms with van der Waals surface area (Å²) in [5.41, 5.74) is 1.13. The van der Waals surface area contributed by atoms with E-state index in [0.717, 1.165) is 18.2 Å². The summed E-state index contributed by atoms with van der Waals surface area (Å²) in [5.74, 6) is -1.36. The fourth-order valence-corrected chi connectivity index (χ4v) is 3.99. The minimum atomic E-state index is -4.95. The predicted molar refractivity (Wildman–Crippen MR) is 120 cm³/mol. The molecule has 0 N–H and O–H groups in total. The minimum Gasteiger partial charge on any atom is -0.406 e. The van der Waals surface area contributed by atoms with E-state index in [1.807, 2.05) is 4.90 Å². The van der Waals surface area contributed by atoms with Crippen LogP contribution in [0.3, 0.4) is 0 Å². The molecule has 14 heteroatoms. The number of imidazole rings is 1. The molecule has 1 aliphatic rings. The molecule has 0 spiro atoms. The molecule has 0 aliphatic carbocycles. The summed E-state index contributed by atoms with van der Waals surface area (Å²) in [6.45, 7) is 1.03. The smallest absolute Gasteiger partial charge is 0.406 e. The number of halogens is 6. The van der Waals surface area contributed by atoms with E-state index in [9.17, 15) is 31.1 Å². The van der Waals surface area contributed by atoms with E-state index in [1.54, 1.807) is 16.8 Å². The number of benzene rings is 2. The van der Waals surface area contributed by atoms with Crippen molar-refractivity contribution >= 4 is 11.6 Å². The van der Waals surface area contributed by atoms with Crippen LogP contribution in [0.25, 0.3) is 0 Å². The van der Waals surface area contributed by atoms with Gasteiger partial charge in [-0.1, -0.05) is 12.1 Å². The third kappa shape index (κ3) is 6.94. The number of aromatic nitrogens is 2. The standard InChI is InChI=1S/C24H19F6N5O3/c25-23(26,27)37-20-3-1-2-18(9-20)35-7-6-33(14-22(35)36)13-19-11-32-15-34(19)12-16-4-5-17(10-31)21(8-16)38-24(28,29)30/h1-5,8-9,11,15H,6-7,12-14H2. The molecule has 1 saturated heterocycles. The van der Waals surface area contributed by atoms with Crippen LogP contribution in [0.2, 0.25) is 0 Å². The Morgan fingerprint density at radius 3 is 2.42 bits per heavy atom. The fourth-order valence-electron chi connectivity index (χ4n) is 3.99. The molecular formula is C24H19F6N5O3. The number of hydrogen-bond donors (Lipinski definition) is 0. The van der Waals surface area contributed by atoms with Gasteiger partial charge >= 0.3 is 12.7 Å². The van der Waals surface area contributed by atoms with Gasteiger partial charge in [0.2, 0.25) is 5.91 Å². The molecule has 1 aromatic heterocycles. The molecule has 200 valence electrons. The van der Waals surface area contributed by atoms with Crippen LogP contribution in [0.1, 0.15) is 16.8 Å². The van der Waals surface area contributed by atoms with Crippen LogP contribution in [0.4, 0.5) is 32.0 Å². The molecule has 1 amide bonds. The Balaban J connectivity index is 1.41. The monoisotopic (exact) mass is 539 g/mol. The number of ether oxygens (including phenoxy) is 2. The normalized spacial score (nSPS) is 14.9. The molecule has 8 nitrogen and oxygen atoms in total. The number of piperazine rings is 1. The number of nitriles is 1. The van der Waals surface area contributed by atoms with E-state index in [1.165, 1.54) is 35.5 Å². The highest BCUT2D eigenvalue weighted by atomic mass is 19.4. The average molecular weight is 539 g/mol. The van der Waals surface area contributed by atoms with Crippen molar-refractivity contribution in [2.75, 3.05) is 24.5 Å². The van der Waals surface area contributed by atoms with Gasteiger partial charge in [-0.05, 0) is 29.8 Å². The first-order valence-electron chi connectivity index (χ1n) is 11.1. The summed E-state index contributed by atoms with van der Waals surface area (Å²) in [5, 5.41) is 9.06. The van der Waals surface area contributed by atoms with Crippen LogP contribution in [0.5, 0.6) is 11.5 Å². The molecule has 38 heavy (non-hydrogen) atoms. The summed E-state index contributed by atoms with van der Waals surface area (Å²) in [6.07, 6.45) is -6.76. The van der Waals surface area contributed by atoms with E-state index in [2.05, 4.69) is 14.5 Å². The van der Waals surface area contributed by atoms with Gasteiger partial charge in [-0.2, -0.15) is 5.26 Å². The lowest BCUT2D eigenvalue weighted by molar-refractivity contribution is -0.275. The van der Waals surface area contributed by atoms with Gasteiger partial charge < -0.3 is 18.9 Å². The van der Waals surface area contributed by atoms with Gasteiger partial charge in [0, 0.05) is 44.1 Å². The lowest BCUT2D eigenvalue weighted by Gasteiger charge is -2.34. The highest BCUT2D eigenvalue weighted by Gasteiger charge is 2.33. The zero-order valence-corrected chi connectivity index (χ0v) is 19.5. The van der Waals surface area contributed by atoms with Gasteiger partial charge in [-0.25, -0.2) is 4.98 Å².